The van der Waals surface area contributed by atoms with Crippen LogP contribution in [0.2, 0.25) is 5.82 Å². The largest absolute Gasteiger partial charge is 1.00 e. The summed E-state index contributed by atoms with van der Waals surface area (Å²) in [6, 6.07) is 0. The number of carbonyl (C=O) groups excluding carboxylic acids is 1. The average Bonchev–Trinajstić information content (AvgIpc) is 1.79. The Morgan fingerprint density at radius 2 is 1.91 bits per heavy atom. The Labute approximate surface area is 106 Å². The predicted molar refractivity (Wildman–Crippen MR) is 31.6 cm³/mol. The van der Waals surface area contributed by atoms with Crippen molar-refractivity contribution >= 4 is 12.8 Å². The van der Waals surface area contributed by atoms with Gasteiger partial charge in [-0.3, -0.25) is 4.79 Å². The molecule has 0 spiro atoms. The molecule has 0 radical (unpaired) electrons. The second-order valence-electron chi connectivity index (χ2n) is 2.75. The molecule has 11 heavy (non-hydrogen) atoms. The van der Waals surface area contributed by atoms with E-state index in [2.05, 4.69) is 0 Å². The molecule has 0 aromatic rings. The van der Waals surface area contributed by atoms with Gasteiger partial charge < -0.3 is 12.9 Å². The first-order valence-electron chi connectivity index (χ1n) is 3.15. The molecule has 0 aliphatic heterocycles. The fraction of sp³-hybridized carbons (Fsp3) is 0.800. The molecule has 0 heterocycles. The van der Waals surface area contributed by atoms with E-state index in [-0.39, 0.29) is 63.6 Å². The van der Waals surface area contributed by atoms with Crippen LogP contribution in [0.5, 0.6) is 0 Å². The zero-order valence-corrected chi connectivity index (χ0v) is 9.60. The Morgan fingerprint density at radius 1 is 1.45 bits per heavy atom. The van der Waals surface area contributed by atoms with Crippen LogP contribution in [0, 0.1) is 5.92 Å². The minimum Gasteiger partial charge on any atom is -0.449 e. The van der Waals surface area contributed by atoms with Gasteiger partial charge in [-0.1, -0.05) is 12.7 Å². The Kier molecular flexibility index (Phi) is 4.33. The molecule has 2 atom stereocenters. The number of ketones is 1. The first-order valence-corrected chi connectivity index (χ1v) is 3.15. The molecule has 1 aliphatic rings. The summed E-state index contributed by atoms with van der Waals surface area (Å²) in [5.41, 5.74) is 0. The van der Waals surface area contributed by atoms with Gasteiger partial charge in [0.1, 0.15) is 5.78 Å². The third-order valence-corrected chi connectivity index (χ3v) is 2.07. The van der Waals surface area contributed by atoms with Crippen molar-refractivity contribution in [2.24, 2.45) is 5.92 Å². The summed E-state index contributed by atoms with van der Waals surface area (Å²) in [5, 5.41) is 0. The van der Waals surface area contributed by atoms with E-state index < -0.39 is 18.7 Å². The van der Waals surface area contributed by atoms with Gasteiger partial charge >= 0.3 is 58.4 Å². The van der Waals surface area contributed by atoms with Gasteiger partial charge in [0, 0.05) is 0 Å². The van der Waals surface area contributed by atoms with Gasteiger partial charge in [0.2, 0.25) is 0 Å². The van der Waals surface area contributed by atoms with Gasteiger partial charge in [0.05, 0.1) is 0 Å². The molecule has 1 saturated carbocycles. The summed E-state index contributed by atoms with van der Waals surface area (Å²) in [7, 11) is 0. The van der Waals surface area contributed by atoms with E-state index in [0.717, 1.165) is 0 Å². The van der Waals surface area contributed by atoms with Crippen LogP contribution in [0.3, 0.4) is 0 Å². The third kappa shape index (κ3) is 2.55. The molecule has 1 aliphatic carbocycles. The number of hydrogen-bond donors (Lipinski definition) is 0. The van der Waals surface area contributed by atoms with Crippen molar-refractivity contribution < 1.29 is 69.1 Å². The van der Waals surface area contributed by atoms with E-state index in [1.54, 1.807) is 0 Å². The Hall–Kier alpha value is 1.16. The molecule has 6 heteroatoms. The van der Waals surface area contributed by atoms with Crippen LogP contribution in [-0.2, 0) is 4.79 Å². The average molecular weight is 190 g/mol. The van der Waals surface area contributed by atoms with Crippen molar-refractivity contribution in [2.45, 2.75) is 19.2 Å². The predicted octanol–water partition coefficient (Wildman–Crippen LogP) is -1.18. The zero-order chi connectivity index (χ0) is 7.94. The van der Waals surface area contributed by atoms with Gasteiger partial charge in [-0.2, -0.15) is 0 Å². The van der Waals surface area contributed by atoms with Gasteiger partial charge in [-0.05, 0) is 12.3 Å². The number of hydrogen-bond acceptors (Lipinski definition) is 1. The zero-order valence-electron chi connectivity index (χ0n) is 6.48. The summed E-state index contributed by atoms with van der Waals surface area (Å²) in [4.78, 5) is 10.4. The molecule has 0 saturated heterocycles. The van der Waals surface area contributed by atoms with Gasteiger partial charge in [-0.25, -0.2) is 0 Å². The molecule has 0 bridgehead atoms. The van der Waals surface area contributed by atoms with Crippen LogP contribution < -0.4 is 51.4 Å². The van der Waals surface area contributed by atoms with Crippen molar-refractivity contribution in [3.05, 3.63) is 0 Å². The number of Topliss-reactive ketones (excluding diaryl/α,β-unsaturated/α-hetero) is 1. The van der Waals surface area contributed by atoms with E-state index in [1.165, 1.54) is 6.92 Å². The second kappa shape index (κ2) is 3.91. The smallest absolute Gasteiger partial charge is 0.449 e. The molecule has 58 valence electrons. The normalized spacial score (nSPS) is 30.7. The molecule has 1 rings (SSSR count). The fourth-order valence-corrected chi connectivity index (χ4v) is 1.13. The third-order valence-electron chi connectivity index (χ3n) is 2.07. The summed E-state index contributed by atoms with van der Waals surface area (Å²) >= 11 is 0. The van der Waals surface area contributed by atoms with E-state index in [0.29, 0.717) is 0 Å². The number of carbonyl (C=O) groups is 1. The van der Waals surface area contributed by atoms with E-state index >= 15 is 0 Å². The Balaban J connectivity index is 0.000001000. The summed E-state index contributed by atoms with van der Waals surface area (Å²) < 4.78 is 35.5. The van der Waals surface area contributed by atoms with Crippen molar-refractivity contribution in [3.63, 3.8) is 0 Å². The minimum atomic E-state index is -4.77. The van der Waals surface area contributed by atoms with E-state index in [9.17, 15) is 17.7 Å². The van der Waals surface area contributed by atoms with Crippen molar-refractivity contribution in [3.8, 4) is 0 Å². The first-order chi connectivity index (χ1) is 4.43. The molecule has 0 aromatic carbocycles. The van der Waals surface area contributed by atoms with Crippen molar-refractivity contribution in [1.29, 1.82) is 0 Å². The Bertz CT molecular complexity index is 170. The fourth-order valence-electron chi connectivity index (χ4n) is 1.13. The molecule has 1 nitrogen and oxygen atoms in total. The molecule has 0 aromatic heterocycles. The van der Waals surface area contributed by atoms with E-state index in [4.69, 9.17) is 0 Å². The number of rotatable bonds is 1. The second-order valence-corrected chi connectivity index (χ2v) is 2.75. The summed E-state index contributed by atoms with van der Waals surface area (Å²) in [6.07, 6.45) is -0.287. The molecule has 2 unspecified atom stereocenters. The van der Waals surface area contributed by atoms with Crippen LogP contribution in [0.25, 0.3) is 0 Å². The monoisotopic (exact) mass is 190 g/mol. The van der Waals surface area contributed by atoms with Crippen LogP contribution >= 0.6 is 0 Å². The van der Waals surface area contributed by atoms with Crippen LogP contribution in [-0.4, -0.2) is 12.8 Å². The summed E-state index contributed by atoms with van der Waals surface area (Å²) in [6.45, 7) is -3.43. The SMILES string of the molecule is CC1C(=O)CC1[B-](F)(F)F.[K+]. The maximum Gasteiger partial charge on any atom is 1.00 e. The topological polar surface area (TPSA) is 17.1 Å². The number of halogens is 3. The van der Waals surface area contributed by atoms with Crippen LogP contribution in [0.4, 0.5) is 12.9 Å². The van der Waals surface area contributed by atoms with Crippen molar-refractivity contribution in [2.75, 3.05) is 0 Å². The van der Waals surface area contributed by atoms with Crippen LogP contribution in [0.1, 0.15) is 13.3 Å². The molecule has 0 N–H and O–H groups in total. The van der Waals surface area contributed by atoms with Gasteiger partial charge in [0.25, 0.3) is 0 Å². The first kappa shape index (κ1) is 12.2. The van der Waals surface area contributed by atoms with Crippen molar-refractivity contribution in [1.82, 2.24) is 0 Å². The van der Waals surface area contributed by atoms with Gasteiger partial charge in [0.15, 0.2) is 0 Å². The quantitative estimate of drug-likeness (QED) is 0.475. The van der Waals surface area contributed by atoms with Gasteiger partial charge in [-0.15, -0.1) is 0 Å². The minimum absolute atomic E-state index is 0. The standard InChI is InChI=1S/C5H7BF3O.K/c1-3-4(2-5(3)10)6(7,8)9;/h3-4H,2H2,1H3;/q-1;+1. The maximum atomic E-state index is 11.8. The Morgan fingerprint density at radius 3 is 2.00 bits per heavy atom. The molecular formula is C5H7BF3KO. The summed E-state index contributed by atoms with van der Waals surface area (Å²) in [5.74, 6) is -2.35. The molecule has 0 amide bonds. The molecular weight excluding hydrogens is 183 g/mol. The molecule has 1 fully saturated rings. The van der Waals surface area contributed by atoms with Crippen LogP contribution in [0.15, 0.2) is 0 Å². The van der Waals surface area contributed by atoms with E-state index in [1.807, 2.05) is 0 Å². The maximum absolute atomic E-state index is 11.8.